The van der Waals surface area contributed by atoms with Crippen LogP contribution in [0, 0.1) is 5.92 Å². The largest absolute Gasteiger partial charge is 0.388 e. The highest BCUT2D eigenvalue weighted by molar-refractivity contribution is 5.78. The Hall–Kier alpha value is -2.23. The highest BCUT2D eigenvalue weighted by Crippen LogP contribution is 2.25. The third kappa shape index (κ3) is 5.72. The zero-order valence-electron chi connectivity index (χ0n) is 18.3. The summed E-state index contributed by atoms with van der Waals surface area (Å²) in [5.41, 5.74) is 0. The highest BCUT2D eigenvalue weighted by Gasteiger charge is 2.44. The van der Waals surface area contributed by atoms with Crippen molar-refractivity contribution in [3.8, 4) is 0 Å². The van der Waals surface area contributed by atoms with Crippen molar-refractivity contribution in [2.45, 2.75) is 57.5 Å². The zero-order valence-corrected chi connectivity index (χ0v) is 18.3. The van der Waals surface area contributed by atoms with E-state index in [9.17, 15) is 19.8 Å². The molecule has 2 aliphatic heterocycles. The van der Waals surface area contributed by atoms with Gasteiger partial charge in [-0.2, -0.15) is 0 Å². The summed E-state index contributed by atoms with van der Waals surface area (Å²) in [5.74, 6) is 0.621. The topological polar surface area (TPSA) is 115 Å². The molecule has 1 aromatic rings. The van der Waals surface area contributed by atoms with Crippen LogP contribution in [0.2, 0.25) is 0 Å². The number of amides is 2. The molecule has 2 amide bonds. The fourth-order valence-electron chi connectivity index (χ4n) is 4.20. The van der Waals surface area contributed by atoms with E-state index in [-0.39, 0.29) is 30.7 Å². The van der Waals surface area contributed by atoms with Gasteiger partial charge in [-0.15, -0.1) is 0 Å². The van der Waals surface area contributed by atoms with Crippen molar-refractivity contribution < 1.29 is 24.5 Å². The molecule has 0 bridgehead atoms. The molecule has 3 N–H and O–H groups in total. The van der Waals surface area contributed by atoms with Gasteiger partial charge in [-0.25, -0.2) is 4.98 Å². The van der Waals surface area contributed by atoms with Gasteiger partial charge in [0, 0.05) is 44.8 Å². The number of nitrogens with zero attached hydrogens (tertiary/aromatic N) is 3. The van der Waals surface area contributed by atoms with Crippen LogP contribution in [-0.4, -0.2) is 89.1 Å². The van der Waals surface area contributed by atoms with Gasteiger partial charge in [0.05, 0.1) is 12.5 Å². The van der Waals surface area contributed by atoms with E-state index in [2.05, 4.69) is 15.2 Å². The second-order valence-corrected chi connectivity index (χ2v) is 8.21. The van der Waals surface area contributed by atoms with Gasteiger partial charge in [0.15, 0.2) is 0 Å². The maximum atomic E-state index is 12.7. The number of anilines is 1. The van der Waals surface area contributed by atoms with E-state index in [4.69, 9.17) is 4.74 Å². The summed E-state index contributed by atoms with van der Waals surface area (Å²) < 4.78 is 5.75. The molecule has 2 saturated heterocycles. The lowest BCUT2D eigenvalue weighted by atomic mass is 10.0. The van der Waals surface area contributed by atoms with E-state index in [1.165, 1.54) is 0 Å². The molecule has 1 aromatic heterocycles. The Morgan fingerprint density at radius 2 is 1.81 bits per heavy atom. The first-order valence-electron chi connectivity index (χ1n) is 11.2. The molecule has 3 rings (SSSR count). The Bertz CT molecular complexity index is 722. The molecule has 0 radical (unpaired) electrons. The van der Waals surface area contributed by atoms with E-state index in [1.807, 2.05) is 32.0 Å². The minimum Gasteiger partial charge on any atom is -0.388 e. The molecular formula is C22H34N4O5. The summed E-state index contributed by atoms with van der Waals surface area (Å²) in [7, 11) is 0. The fraction of sp³-hybridized carbons (Fsp3) is 0.682. The molecule has 172 valence electrons. The van der Waals surface area contributed by atoms with Crippen LogP contribution < -0.4 is 10.2 Å². The number of carbonyl (C=O) groups is 2. The van der Waals surface area contributed by atoms with Crippen LogP contribution in [0.4, 0.5) is 5.82 Å². The second kappa shape index (κ2) is 10.9. The Balaban J connectivity index is 1.46. The van der Waals surface area contributed by atoms with Crippen LogP contribution in [-0.2, 0) is 14.3 Å². The maximum absolute atomic E-state index is 12.7. The number of aliphatic hydroxyl groups is 2. The average molecular weight is 435 g/mol. The molecule has 3 heterocycles. The molecule has 0 aliphatic carbocycles. The average Bonchev–Trinajstić information content (AvgIpc) is 3.07. The second-order valence-electron chi connectivity index (χ2n) is 8.21. The minimum atomic E-state index is -1.16. The van der Waals surface area contributed by atoms with Crippen LogP contribution in [0.15, 0.2) is 24.4 Å². The van der Waals surface area contributed by atoms with Crippen LogP contribution in [0.3, 0.4) is 0 Å². The fourth-order valence-corrected chi connectivity index (χ4v) is 4.20. The summed E-state index contributed by atoms with van der Waals surface area (Å²) in [6.45, 7) is 6.52. The van der Waals surface area contributed by atoms with Gasteiger partial charge < -0.3 is 30.1 Å². The molecular weight excluding hydrogens is 400 g/mol. The summed E-state index contributed by atoms with van der Waals surface area (Å²) in [6, 6.07) is 5.76. The molecule has 9 heteroatoms. The van der Waals surface area contributed by atoms with Gasteiger partial charge in [-0.3, -0.25) is 9.59 Å². The Kier molecular flexibility index (Phi) is 8.22. The van der Waals surface area contributed by atoms with Crippen LogP contribution in [0.1, 0.15) is 33.1 Å². The SMILES string of the molecule is CCC(CC)C(=O)NCC1OC(CC(=O)N2CCN(c3ccccn3)CC2)C(O)C1O. The number of aliphatic hydroxyl groups excluding tert-OH is 2. The lowest BCUT2D eigenvalue weighted by molar-refractivity contribution is -0.136. The lowest BCUT2D eigenvalue weighted by Gasteiger charge is -2.36. The zero-order chi connectivity index (χ0) is 22.4. The summed E-state index contributed by atoms with van der Waals surface area (Å²) in [4.78, 5) is 33.1. The highest BCUT2D eigenvalue weighted by atomic mass is 16.5. The van der Waals surface area contributed by atoms with Gasteiger partial charge in [0.1, 0.15) is 24.1 Å². The van der Waals surface area contributed by atoms with Crippen molar-refractivity contribution in [3.05, 3.63) is 24.4 Å². The third-order valence-electron chi connectivity index (χ3n) is 6.28. The normalized spacial score (nSPS) is 26.4. The summed E-state index contributed by atoms with van der Waals surface area (Å²) in [5, 5.41) is 23.5. The monoisotopic (exact) mass is 434 g/mol. The number of hydrogen-bond donors (Lipinski definition) is 3. The van der Waals surface area contributed by atoms with Crippen molar-refractivity contribution in [2.75, 3.05) is 37.6 Å². The minimum absolute atomic E-state index is 0.00119. The van der Waals surface area contributed by atoms with Crippen molar-refractivity contribution >= 4 is 17.6 Å². The lowest BCUT2D eigenvalue weighted by Crippen LogP contribution is -2.50. The number of aromatic nitrogens is 1. The van der Waals surface area contributed by atoms with Gasteiger partial charge in [-0.1, -0.05) is 19.9 Å². The molecule has 0 spiro atoms. The van der Waals surface area contributed by atoms with Crippen LogP contribution >= 0.6 is 0 Å². The number of carbonyl (C=O) groups excluding carboxylic acids is 2. The van der Waals surface area contributed by atoms with Crippen LogP contribution in [0.5, 0.6) is 0 Å². The van der Waals surface area contributed by atoms with Crippen LogP contribution in [0.25, 0.3) is 0 Å². The molecule has 9 nitrogen and oxygen atoms in total. The first-order valence-corrected chi connectivity index (χ1v) is 11.2. The standard InChI is InChI=1S/C22H34N4O5/c1-3-15(4-2)22(30)24-14-17-21(29)20(28)16(31-17)13-19(27)26-11-9-25(10-12-26)18-7-5-6-8-23-18/h5-8,15-17,20-21,28-29H,3-4,9-14H2,1-2H3,(H,24,30). The number of pyridine rings is 1. The molecule has 4 unspecified atom stereocenters. The first kappa shape index (κ1) is 23.4. The van der Waals surface area contributed by atoms with Gasteiger partial charge in [-0.05, 0) is 25.0 Å². The number of ether oxygens (including phenoxy) is 1. The van der Waals surface area contributed by atoms with Gasteiger partial charge in [0.2, 0.25) is 11.8 Å². The molecule has 0 aromatic carbocycles. The first-order chi connectivity index (χ1) is 14.9. The van der Waals surface area contributed by atoms with Crippen molar-refractivity contribution in [3.63, 3.8) is 0 Å². The quantitative estimate of drug-likeness (QED) is 0.534. The Morgan fingerprint density at radius 1 is 1.13 bits per heavy atom. The van der Waals surface area contributed by atoms with Gasteiger partial charge >= 0.3 is 0 Å². The summed E-state index contributed by atoms with van der Waals surface area (Å²) in [6.07, 6.45) is -0.583. The third-order valence-corrected chi connectivity index (χ3v) is 6.28. The van der Waals surface area contributed by atoms with Gasteiger partial charge in [0.25, 0.3) is 0 Å². The number of hydrogen-bond acceptors (Lipinski definition) is 7. The van der Waals surface area contributed by atoms with E-state index < -0.39 is 24.4 Å². The van der Waals surface area contributed by atoms with Crippen molar-refractivity contribution in [1.82, 2.24) is 15.2 Å². The molecule has 31 heavy (non-hydrogen) atoms. The van der Waals surface area contributed by atoms with Crippen molar-refractivity contribution in [1.29, 1.82) is 0 Å². The summed E-state index contributed by atoms with van der Waals surface area (Å²) >= 11 is 0. The molecule has 2 aliphatic rings. The number of piperazine rings is 1. The number of rotatable bonds is 8. The van der Waals surface area contributed by atoms with E-state index >= 15 is 0 Å². The van der Waals surface area contributed by atoms with Crippen molar-refractivity contribution in [2.24, 2.45) is 5.92 Å². The molecule has 2 fully saturated rings. The van der Waals surface area contributed by atoms with E-state index in [1.54, 1.807) is 11.1 Å². The Labute approximate surface area is 183 Å². The predicted octanol–water partition coefficient (Wildman–Crippen LogP) is 0.162. The number of nitrogens with one attached hydrogen (secondary N) is 1. The molecule has 0 saturated carbocycles. The predicted molar refractivity (Wildman–Crippen MR) is 115 cm³/mol. The Morgan fingerprint density at radius 3 is 2.42 bits per heavy atom. The van der Waals surface area contributed by atoms with E-state index in [0.29, 0.717) is 26.2 Å². The smallest absolute Gasteiger partial charge is 0.225 e. The molecule has 4 atom stereocenters. The van der Waals surface area contributed by atoms with E-state index in [0.717, 1.165) is 18.7 Å². The maximum Gasteiger partial charge on any atom is 0.225 e.